The van der Waals surface area contributed by atoms with Crippen molar-refractivity contribution < 1.29 is 14.1 Å². The molecule has 0 N–H and O–H groups in total. The molecule has 0 saturated carbocycles. The summed E-state index contributed by atoms with van der Waals surface area (Å²) in [7, 11) is 1.57. The molecule has 0 radical (unpaired) electrons. The molecule has 136 valence electrons. The number of carbonyl (C=O) groups excluding carboxylic acids is 1. The fraction of sp³-hybridized carbons (Fsp3) is 0.421. The molecule has 7 nitrogen and oxygen atoms in total. The zero-order chi connectivity index (χ0) is 18.1. The van der Waals surface area contributed by atoms with Crippen LogP contribution in [0.5, 0.6) is 0 Å². The maximum Gasteiger partial charge on any atom is 0.259 e. The van der Waals surface area contributed by atoms with Gasteiger partial charge in [0.05, 0.1) is 23.7 Å². The number of ether oxygens (including phenoxy) is 1. The van der Waals surface area contributed by atoms with Crippen LogP contribution in [0.2, 0.25) is 0 Å². The molecular weight excluding hydrogens is 332 g/mol. The maximum atomic E-state index is 13.1. The van der Waals surface area contributed by atoms with Crippen LogP contribution in [0, 0.1) is 0 Å². The number of likely N-dealkylation sites (tertiary alicyclic amines) is 1. The molecule has 1 fully saturated rings. The number of aromatic nitrogens is 3. The lowest BCUT2D eigenvalue weighted by Gasteiger charge is -2.24. The van der Waals surface area contributed by atoms with Crippen molar-refractivity contribution in [3.8, 4) is 0 Å². The minimum atomic E-state index is -0.0736. The normalized spacial score (nSPS) is 17.3. The summed E-state index contributed by atoms with van der Waals surface area (Å²) < 4.78 is 12.3. The summed E-state index contributed by atoms with van der Waals surface area (Å²) in [5.74, 6) is 0.875. The zero-order valence-electron chi connectivity index (χ0n) is 15.0. The van der Waals surface area contributed by atoms with Gasteiger partial charge in [0.2, 0.25) is 0 Å². The number of carbonyl (C=O) groups is 1. The Labute approximate surface area is 151 Å². The second kappa shape index (κ2) is 6.92. The van der Waals surface area contributed by atoms with E-state index in [4.69, 9.17) is 14.2 Å². The molecule has 0 bridgehead atoms. The lowest BCUT2D eigenvalue weighted by molar-refractivity contribution is 0.0722. The molecule has 1 aliphatic rings. The minimum Gasteiger partial charge on any atom is -0.378 e. The molecule has 26 heavy (non-hydrogen) atoms. The predicted octanol–water partition coefficient (Wildman–Crippen LogP) is 3.17. The molecule has 1 unspecified atom stereocenters. The highest BCUT2D eigenvalue weighted by molar-refractivity contribution is 5.95. The van der Waals surface area contributed by atoms with Crippen molar-refractivity contribution in [3.05, 3.63) is 47.6 Å². The number of amides is 1. The number of para-hydroxylation sites is 2. The molecule has 1 aliphatic heterocycles. The molecule has 1 aromatic carbocycles. The monoisotopic (exact) mass is 354 g/mol. The minimum absolute atomic E-state index is 0.0415. The highest BCUT2D eigenvalue weighted by Crippen LogP contribution is 2.34. The lowest BCUT2D eigenvalue weighted by Crippen LogP contribution is -2.32. The van der Waals surface area contributed by atoms with Crippen molar-refractivity contribution in [2.24, 2.45) is 0 Å². The third-order valence-corrected chi connectivity index (χ3v) is 4.97. The Balaban J connectivity index is 1.71. The molecule has 2 aromatic heterocycles. The molecule has 3 aromatic rings. The predicted molar refractivity (Wildman–Crippen MR) is 95.6 cm³/mol. The van der Waals surface area contributed by atoms with E-state index in [9.17, 15) is 4.79 Å². The van der Waals surface area contributed by atoms with Gasteiger partial charge in [-0.05, 0) is 31.9 Å². The van der Waals surface area contributed by atoms with E-state index in [0.717, 1.165) is 36.2 Å². The van der Waals surface area contributed by atoms with E-state index >= 15 is 0 Å². The largest absolute Gasteiger partial charge is 0.378 e. The van der Waals surface area contributed by atoms with Crippen molar-refractivity contribution in [3.63, 3.8) is 0 Å². The summed E-state index contributed by atoms with van der Waals surface area (Å²) >= 11 is 0. The second-order valence-electron chi connectivity index (χ2n) is 6.47. The van der Waals surface area contributed by atoms with Crippen molar-refractivity contribution in [2.45, 2.75) is 39.0 Å². The SMILES string of the molecule is CCn1c(C2CCCN2C(=O)c2conc2COC)nc2ccccc21. The van der Waals surface area contributed by atoms with E-state index in [1.807, 2.05) is 23.1 Å². The van der Waals surface area contributed by atoms with E-state index in [1.54, 1.807) is 7.11 Å². The summed E-state index contributed by atoms with van der Waals surface area (Å²) in [5, 5.41) is 3.90. The Bertz CT molecular complexity index is 930. The first kappa shape index (κ1) is 16.8. The molecule has 7 heteroatoms. The molecule has 1 saturated heterocycles. The number of rotatable bonds is 5. The highest BCUT2D eigenvalue weighted by Gasteiger charge is 2.35. The first-order valence-corrected chi connectivity index (χ1v) is 8.93. The van der Waals surface area contributed by atoms with Crippen LogP contribution >= 0.6 is 0 Å². The van der Waals surface area contributed by atoms with Crippen molar-refractivity contribution >= 4 is 16.9 Å². The van der Waals surface area contributed by atoms with Crippen LogP contribution in [0.15, 0.2) is 35.1 Å². The third kappa shape index (κ3) is 2.68. The Hall–Kier alpha value is -2.67. The van der Waals surface area contributed by atoms with Crippen LogP contribution in [-0.4, -0.2) is 39.2 Å². The topological polar surface area (TPSA) is 73.4 Å². The van der Waals surface area contributed by atoms with Crippen LogP contribution in [-0.2, 0) is 17.9 Å². The third-order valence-electron chi connectivity index (χ3n) is 4.97. The average Bonchev–Trinajstić information content (AvgIpc) is 3.38. The number of benzene rings is 1. The van der Waals surface area contributed by atoms with Gasteiger partial charge >= 0.3 is 0 Å². The van der Waals surface area contributed by atoms with Crippen LogP contribution in [0.1, 0.15) is 47.7 Å². The Kier molecular flexibility index (Phi) is 4.46. The lowest BCUT2D eigenvalue weighted by atomic mass is 10.1. The van der Waals surface area contributed by atoms with Crippen LogP contribution in [0.3, 0.4) is 0 Å². The maximum absolute atomic E-state index is 13.1. The number of fused-ring (bicyclic) bond motifs is 1. The first-order valence-electron chi connectivity index (χ1n) is 8.93. The smallest absolute Gasteiger partial charge is 0.259 e. The Morgan fingerprint density at radius 1 is 1.38 bits per heavy atom. The van der Waals surface area contributed by atoms with E-state index < -0.39 is 0 Å². The van der Waals surface area contributed by atoms with Gasteiger partial charge in [0.15, 0.2) is 0 Å². The number of imidazole rings is 1. The van der Waals surface area contributed by atoms with Gasteiger partial charge in [0, 0.05) is 20.2 Å². The van der Waals surface area contributed by atoms with Crippen LogP contribution < -0.4 is 0 Å². The van der Waals surface area contributed by atoms with Gasteiger partial charge in [-0.15, -0.1) is 0 Å². The Morgan fingerprint density at radius 3 is 3.04 bits per heavy atom. The molecule has 1 amide bonds. The average molecular weight is 354 g/mol. The highest BCUT2D eigenvalue weighted by atomic mass is 16.5. The van der Waals surface area contributed by atoms with Crippen molar-refractivity contribution in [1.29, 1.82) is 0 Å². The number of nitrogens with zero attached hydrogens (tertiary/aromatic N) is 4. The molecule has 3 heterocycles. The summed E-state index contributed by atoms with van der Waals surface area (Å²) in [6, 6.07) is 8.06. The van der Waals surface area contributed by atoms with Gasteiger partial charge in [0.1, 0.15) is 23.3 Å². The van der Waals surface area contributed by atoms with Gasteiger partial charge in [-0.25, -0.2) is 4.98 Å². The molecule has 4 rings (SSSR count). The number of hydrogen-bond acceptors (Lipinski definition) is 5. The molecular formula is C19H22N4O3. The number of hydrogen-bond donors (Lipinski definition) is 0. The fourth-order valence-electron chi connectivity index (χ4n) is 3.79. The van der Waals surface area contributed by atoms with Crippen LogP contribution in [0.4, 0.5) is 0 Å². The zero-order valence-corrected chi connectivity index (χ0v) is 15.0. The number of methoxy groups -OCH3 is 1. The van der Waals surface area contributed by atoms with Gasteiger partial charge in [-0.2, -0.15) is 0 Å². The van der Waals surface area contributed by atoms with E-state index in [0.29, 0.717) is 17.8 Å². The van der Waals surface area contributed by atoms with Crippen molar-refractivity contribution in [1.82, 2.24) is 19.6 Å². The standard InChI is InChI=1S/C19H22N4O3/c1-3-22-16-8-5-4-7-14(16)20-18(22)17-9-6-10-23(17)19(24)13-11-26-21-15(13)12-25-2/h4-5,7-8,11,17H,3,6,9-10,12H2,1-2H3. The van der Waals surface area contributed by atoms with Gasteiger partial charge in [-0.1, -0.05) is 17.3 Å². The van der Waals surface area contributed by atoms with E-state index in [-0.39, 0.29) is 18.6 Å². The summed E-state index contributed by atoms with van der Waals surface area (Å²) in [6.07, 6.45) is 3.27. The summed E-state index contributed by atoms with van der Waals surface area (Å²) in [6.45, 7) is 3.88. The Morgan fingerprint density at radius 2 is 2.23 bits per heavy atom. The van der Waals surface area contributed by atoms with E-state index in [1.165, 1.54) is 6.26 Å². The second-order valence-corrected chi connectivity index (χ2v) is 6.47. The quantitative estimate of drug-likeness (QED) is 0.704. The van der Waals surface area contributed by atoms with Crippen molar-refractivity contribution in [2.75, 3.05) is 13.7 Å². The fourth-order valence-corrected chi connectivity index (χ4v) is 3.79. The molecule has 0 spiro atoms. The van der Waals surface area contributed by atoms with Gasteiger partial charge in [-0.3, -0.25) is 4.79 Å². The molecule has 1 atom stereocenters. The summed E-state index contributed by atoms with van der Waals surface area (Å²) in [5.41, 5.74) is 3.08. The summed E-state index contributed by atoms with van der Waals surface area (Å²) in [4.78, 5) is 19.9. The van der Waals surface area contributed by atoms with E-state index in [2.05, 4.69) is 22.7 Å². The first-order chi connectivity index (χ1) is 12.7. The molecule has 0 aliphatic carbocycles. The van der Waals surface area contributed by atoms with Gasteiger partial charge in [0.25, 0.3) is 5.91 Å². The van der Waals surface area contributed by atoms with Gasteiger partial charge < -0.3 is 18.7 Å². The number of aryl methyl sites for hydroxylation is 1. The van der Waals surface area contributed by atoms with Crippen LogP contribution in [0.25, 0.3) is 11.0 Å².